The van der Waals surface area contributed by atoms with E-state index >= 15 is 0 Å². The van der Waals surface area contributed by atoms with Crippen LogP contribution in [0.15, 0.2) is 30.3 Å². The molecular weight excluding hydrogens is 244 g/mol. The molecule has 0 saturated carbocycles. The molecule has 0 bridgehead atoms. The Balaban J connectivity index is 1.99. The first-order chi connectivity index (χ1) is 8.08. The summed E-state index contributed by atoms with van der Waals surface area (Å²) in [6, 6.07) is 9.39. The molecule has 0 spiro atoms. The van der Waals surface area contributed by atoms with Crippen LogP contribution in [-0.2, 0) is 19.0 Å². The Kier molecular flexibility index (Phi) is 5.96. The average Bonchev–Trinajstić information content (AvgIpc) is 2.28. The zero-order valence-corrected chi connectivity index (χ0v) is 10.5. The Morgan fingerprint density at radius 3 is 2.29 bits per heavy atom. The second-order valence-corrected chi connectivity index (χ2v) is 4.94. The molecule has 0 fully saturated rings. The van der Waals surface area contributed by atoms with E-state index in [0.717, 1.165) is 12.0 Å². The van der Waals surface area contributed by atoms with Crippen LogP contribution < -0.4 is 4.74 Å². The van der Waals surface area contributed by atoms with E-state index in [-0.39, 0.29) is 13.2 Å². The van der Waals surface area contributed by atoms with Crippen molar-refractivity contribution in [1.82, 2.24) is 0 Å². The Hall–Kier alpha value is -1.11. The maximum absolute atomic E-state index is 10.6. The summed E-state index contributed by atoms with van der Waals surface area (Å²) < 4.78 is 36.2. The normalized spacial score (nSPS) is 11.4. The van der Waals surface area contributed by atoms with Gasteiger partial charge < -0.3 is 9.47 Å². The van der Waals surface area contributed by atoms with Crippen molar-refractivity contribution in [3.63, 3.8) is 0 Å². The van der Waals surface area contributed by atoms with Gasteiger partial charge in [0.15, 0.2) is 0 Å². The number of benzene rings is 1. The number of hydrogen-bond donors (Lipinski definition) is 0. The van der Waals surface area contributed by atoms with E-state index in [0.29, 0.717) is 13.2 Å². The van der Waals surface area contributed by atoms with E-state index in [9.17, 15) is 8.42 Å². The van der Waals surface area contributed by atoms with Crippen molar-refractivity contribution >= 4 is 10.1 Å². The minimum absolute atomic E-state index is 0.0319. The summed E-state index contributed by atoms with van der Waals surface area (Å²) in [5.74, 6) is 0.781. The summed E-state index contributed by atoms with van der Waals surface area (Å²) in [5, 5.41) is 0. The zero-order chi connectivity index (χ0) is 12.6. The smallest absolute Gasteiger partial charge is 0.264 e. The lowest BCUT2D eigenvalue weighted by molar-refractivity contribution is 0.0781. The lowest BCUT2D eigenvalue weighted by atomic mass is 10.3. The number of para-hydroxylation sites is 1. The molecule has 0 amide bonds. The second kappa shape index (κ2) is 7.26. The quantitative estimate of drug-likeness (QED) is 0.516. The highest BCUT2D eigenvalue weighted by molar-refractivity contribution is 7.85. The SMILES string of the molecule is CS(=O)(=O)OCCOCCOc1ccccc1. The highest BCUT2D eigenvalue weighted by atomic mass is 32.2. The minimum Gasteiger partial charge on any atom is -0.491 e. The van der Waals surface area contributed by atoms with Crippen molar-refractivity contribution < 1.29 is 22.1 Å². The highest BCUT2D eigenvalue weighted by Gasteiger charge is 2.00. The third-order valence-corrected chi connectivity index (χ3v) is 2.36. The molecule has 0 unspecified atom stereocenters. The van der Waals surface area contributed by atoms with E-state index in [1.165, 1.54) is 0 Å². The molecule has 1 rings (SSSR count). The molecule has 0 aromatic heterocycles. The van der Waals surface area contributed by atoms with Gasteiger partial charge in [0.25, 0.3) is 10.1 Å². The summed E-state index contributed by atoms with van der Waals surface area (Å²) in [6.07, 6.45) is 1.01. The van der Waals surface area contributed by atoms with Crippen LogP contribution in [0.1, 0.15) is 0 Å². The van der Waals surface area contributed by atoms with Crippen LogP contribution in [-0.4, -0.2) is 41.1 Å². The minimum atomic E-state index is -3.37. The predicted molar refractivity (Wildman–Crippen MR) is 63.6 cm³/mol. The van der Waals surface area contributed by atoms with Crippen LogP contribution in [0.4, 0.5) is 0 Å². The average molecular weight is 260 g/mol. The molecule has 96 valence electrons. The first-order valence-corrected chi connectivity index (χ1v) is 6.99. The lowest BCUT2D eigenvalue weighted by Gasteiger charge is -2.06. The van der Waals surface area contributed by atoms with Gasteiger partial charge in [-0.05, 0) is 12.1 Å². The van der Waals surface area contributed by atoms with E-state index in [1.54, 1.807) is 0 Å². The maximum Gasteiger partial charge on any atom is 0.264 e. The molecule has 6 heteroatoms. The number of hydrogen-bond acceptors (Lipinski definition) is 5. The van der Waals surface area contributed by atoms with Crippen LogP contribution in [0.2, 0.25) is 0 Å². The van der Waals surface area contributed by atoms with E-state index in [1.807, 2.05) is 30.3 Å². The number of ether oxygens (including phenoxy) is 2. The summed E-state index contributed by atoms with van der Waals surface area (Å²) >= 11 is 0. The lowest BCUT2D eigenvalue weighted by Crippen LogP contribution is -2.13. The van der Waals surface area contributed by atoms with Crippen molar-refractivity contribution in [2.75, 3.05) is 32.7 Å². The highest BCUT2D eigenvalue weighted by Crippen LogP contribution is 2.07. The summed E-state index contributed by atoms with van der Waals surface area (Å²) in [7, 11) is -3.37. The van der Waals surface area contributed by atoms with Gasteiger partial charge in [-0.3, -0.25) is 4.18 Å². The largest absolute Gasteiger partial charge is 0.491 e. The van der Waals surface area contributed by atoms with Crippen molar-refractivity contribution in [3.8, 4) is 5.75 Å². The van der Waals surface area contributed by atoms with Crippen molar-refractivity contribution in [2.45, 2.75) is 0 Å². The monoisotopic (exact) mass is 260 g/mol. The molecule has 0 aliphatic rings. The summed E-state index contributed by atoms with van der Waals surface area (Å²) in [5.41, 5.74) is 0. The molecule has 1 aromatic carbocycles. The van der Waals surface area contributed by atoms with Gasteiger partial charge in [-0.1, -0.05) is 18.2 Å². The number of rotatable bonds is 8. The summed E-state index contributed by atoms with van der Waals surface area (Å²) in [6.45, 7) is 1.07. The topological polar surface area (TPSA) is 61.8 Å². The predicted octanol–water partition coefficient (Wildman–Crippen LogP) is 1.06. The third kappa shape index (κ3) is 7.73. The van der Waals surface area contributed by atoms with Gasteiger partial charge in [-0.2, -0.15) is 8.42 Å². The molecule has 0 heterocycles. The Labute approximate surface area is 101 Å². The van der Waals surface area contributed by atoms with Gasteiger partial charge >= 0.3 is 0 Å². The fourth-order valence-corrected chi connectivity index (χ4v) is 1.45. The van der Waals surface area contributed by atoms with Gasteiger partial charge in [0.2, 0.25) is 0 Å². The van der Waals surface area contributed by atoms with Crippen LogP contribution in [0, 0.1) is 0 Å². The molecule has 0 N–H and O–H groups in total. The van der Waals surface area contributed by atoms with Crippen LogP contribution in [0.3, 0.4) is 0 Å². The zero-order valence-electron chi connectivity index (χ0n) is 9.66. The maximum atomic E-state index is 10.6. The Morgan fingerprint density at radius 1 is 1.00 bits per heavy atom. The van der Waals surface area contributed by atoms with E-state index in [4.69, 9.17) is 9.47 Å². The molecular formula is C11H16O5S. The molecule has 17 heavy (non-hydrogen) atoms. The Morgan fingerprint density at radius 2 is 1.65 bits per heavy atom. The van der Waals surface area contributed by atoms with Crippen molar-refractivity contribution in [1.29, 1.82) is 0 Å². The van der Waals surface area contributed by atoms with Gasteiger partial charge in [0, 0.05) is 0 Å². The van der Waals surface area contributed by atoms with Crippen molar-refractivity contribution in [2.24, 2.45) is 0 Å². The summed E-state index contributed by atoms with van der Waals surface area (Å²) in [4.78, 5) is 0. The molecule has 5 nitrogen and oxygen atoms in total. The van der Waals surface area contributed by atoms with Crippen LogP contribution in [0.5, 0.6) is 5.75 Å². The van der Waals surface area contributed by atoms with Crippen LogP contribution >= 0.6 is 0 Å². The van der Waals surface area contributed by atoms with Crippen LogP contribution in [0.25, 0.3) is 0 Å². The molecule has 0 atom stereocenters. The second-order valence-electron chi connectivity index (χ2n) is 3.30. The fraction of sp³-hybridized carbons (Fsp3) is 0.455. The van der Waals surface area contributed by atoms with E-state index < -0.39 is 10.1 Å². The first-order valence-electron chi connectivity index (χ1n) is 5.18. The third-order valence-electron chi connectivity index (χ3n) is 1.76. The van der Waals surface area contributed by atoms with Gasteiger partial charge in [-0.15, -0.1) is 0 Å². The molecule has 0 aliphatic carbocycles. The molecule has 1 aromatic rings. The first kappa shape index (κ1) is 14.0. The molecule has 0 saturated heterocycles. The van der Waals surface area contributed by atoms with Crippen molar-refractivity contribution in [3.05, 3.63) is 30.3 Å². The molecule has 0 radical (unpaired) electrons. The van der Waals surface area contributed by atoms with Gasteiger partial charge in [0.1, 0.15) is 12.4 Å². The van der Waals surface area contributed by atoms with Gasteiger partial charge in [0.05, 0.1) is 26.1 Å². The standard InChI is InChI=1S/C11H16O5S/c1-17(12,13)16-10-8-14-7-9-15-11-5-3-2-4-6-11/h2-6H,7-10H2,1H3. The fourth-order valence-electron chi connectivity index (χ4n) is 1.08. The Bertz CT molecular complexity index is 401. The van der Waals surface area contributed by atoms with E-state index in [2.05, 4.69) is 4.18 Å². The van der Waals surface area contributed by atoms with Gasteiger partial charge in [-0.25, -0.2) is 0 Å². The molecule has 0 aliphatic heterocycles.